The van der Waals surface area contributed by atoms with Gasteiger partial charge < -0.3 is 24.6 Å². The Labute approximate surface area is 237 Å². The fraction of sp³-hybridized carbons (Fsp3) is 0.357. The molecule has 1 aliphatic heterocycles. The van der Waals surface area contributed by atoms with Crippen LogP contribution in [-0.4, -0.2) is 78.9 Å². The van der Waals surface area contributed by atoms with E-state index in [-0.39, 0.29) is 23.6 Å². The first kappa shape index (κ1) is 28.5. The molecule has 1 N–H and O–H groups in total. The molecule has 0 saturated carbocycles. The molecule has 1 atom stereocenters. The minimum atomic E-state index is -0.118. The number of carbonyl (C=O) groups is 2. The molecule has 4 rings (SSSR count). The molecule has 2 aromatic carbocycles. The molecule has 39 heavy (non-hydrogen) atoms. The van der Waals surface area contributed by atoms with Crippen molar-refractivity contribution in [2.75, 3.05) is 51.1 Å². The van der Waals surface area contributed by atoms with Crippen LogP contribution in [0.5, 0.6) is 11.5 Å². The van der Waals surface area contributed by atoms with Crippen molar-refractivity contribution in [1.82, 2.24) is 20.2 Å². The van der Waals surface area contributed by atoms with Crippen molar-refractivity contribution in [3.05, 3.63) is 70.9 Å². The lowest BCUT2D eigenvalue weighted by atomic mass is 10.1. The van der Waals surface area contributed by atoms with E-state index in [1.165, 1.54) is 11.8 Å². The third-order valence-corrected chi connectivity index (χ3v) is 7.45. The smallest absolute Gasteiger partial charge is 0.254 e. The molecule has 1 aliphatic rings. The van der Waals surface area contributed by atoms with E-state index >= 15 is 0 Å². The Morgan fingerprint density at radius 3 is 2.54 bits per heavy atom. The average molecular weight is 570 g/mol. The summed E-state index contributed by atoms with van der Waals surface area (Å²) in [4.78, 5) is 38.3. The molecule has 11 heteroatoms. The molecule has 3 aromatic rings. The van der Waals surface area contributed by atoms with Gasteiger partial charge in [-0.25, -0.2) is 9.97 Å². The van der Waals surface area contributed by atoms with Crippen LogP contribution in [-0.2, 0) is 11.2 Å². The lowest BCUT2D eigenvalue weighted by Gasteiger charge is -2.40. The second kappa shape index (κ2) is 13.5. The number of thioether (sulfide) groups is 1. The predicted molar refractivity (Wildman–Crippen MR) is 153 cm³/mol. The van der Waals surface area contributed by atoms with Crippen molar-refractivity contribution in [1.29, 1.82) is 0 Å². The topological polar surface area (TPSA) is 96.9 Å². The number of carbonyl (C=O) groups excluding carboxylic acids is 2. The van der Waals surface area contributed by atoms with Gasteiger partial charge in [-0.2, -0.15) is 0 Å². The zero-order valence-corrected chi connectivity index (χ0v) is 23.8. The minimum Gasteiger partial charge on any atom is -0.493 e. The SMILES string of the molecule is COc1ccc(CCNC(=O)CSc2nc(Cl)cc(N3CCN(C(=O)c4ccccc4)C(C)C3)n2)cc1OC. The molecule has 1 fully saturated rings. The maximum atomic E-state index is 12.9. The standard InChI is InChI=1S/C28H32ClN5O4S/c1-19-17-33(13-14-34(19)27(36)21-7-5-4-6-8-21)25-16-24(29)31-28(32-25)39-18-26(35)30-12-11-20-9-10-22(37-2)23(15-20)38-3/h4-10,15-16,19H,11-14,17-18H2,1-3H3,(H,30,35). The molecule has 2 amide bonds. The van der Waals surface area contributed by atoms with Gasteiger partial charge in [0.05, 0.1) is 20.0 Å². The van der Waals surface area contributed by atoms with Gasteiger partial charge in [-0.1, -0.05) is 47.6 Å². The maximum Gasteiger partial charge on any atom is 0.254 e. The van der Waals surface area contributed by atoms with Crippen LogP contribution in [0.15, 0.2) is 59.8 Å². The first-order valence-corrected chi connectivity index (χ1v) is 14.0. The Bertz CT molecular complexity index is 1300. The number of methoxy groups -OCH3 is 2. The van der Waals surface area contributed by atoms with Gasteiger partial charge >= 0.3 is 0 Å². The molecular weight excluding hydrogens is 538 g/mol. The van der Waals surface area contributed by atoms with Gasteiger partial charge in [0.1, 0.15) is 11.0 Å². The number of nitrogens with one attached hydrogen (secondary N) is 1. The zero-order chi connectivity index (χ0) is 27.8. The molecule has 1 unspecified atom stereocenters. The summed E-state index contributed by atoms with van der Waals surface area (Å²) >= 11 is 7.54. The van der Waals surface area contributed by atoms with Crippen molar-refractivity contribution in [2.45, 2.75) is 24.5 Å². The second-order valence-electron chi connectivity index (χ2n) is 9.07. The Morgan fingerprint density at radius 2 is 1.82 bits per heavy atom. The molecule has 1 aromatic heterocycles. The van der Waals surface area contributed by atoms with Crippen molar-refractivity contribution in [3.63, 3.8) is 0 Å². The van der Waals surface area contributed by atoms with E-state index in [9.17, 15) is 9.59 Å². The Kier molecular flexibility index (Phi) is 9.89. The van der Waals surface area contributed by atoms with Crippen LogP contribution >= 0.6 is 23.4 Å². The van der Waals surface area contributed by atoms with E-state index in [4.69, 9.17) is 21.1 Å². The summed E-state index contributed by atoms with van der Waals surface area (Å²) in [6, 6.07) is 16.7. The van der Waals surface area contributed by atoms with Crippen LogP contribution in [0, 0.1) is 0 Å². The lowest BCUT2D eigenvalue weighted by molar-refractivity contribution is -0.118. The first-order valence-electron chi connectivity index (χ1n) is 12.6. The number of rotatable bonds is 10. The maximum absolute atomic E-state index is 12.9. The number of hydrogen-bond acceptors (Lipinski definition) is 8. The lowest BCUT2D eigenvalue weighted by Crippen LogP contribution is -2.54. The summed E-state index contributed by atoms with van der Waals surface area (Å²) in [6.45, 7) is 4.32. The highest BCUT2D eigenvalue weighted by molar-refractivity contribution is 7.99. The van der Waals surface area contributed by atoms with Crippen molar-refractivity contribution in [2.24, 2.45) is 0 Å². The summed E-state index contributed by atoms with van der Waals surface area (Å²) in [6.07, 6.45) is 0.658. The summed E-state index contributed by atoms with van der Waals surface area (Å²) in [5.74, 6) is 2.08. The number of ether oxygens (including phenoxy) is 2. The second-order valence-corrected chi connectivity index (χ2v) is 10.4. The number of piperazine rings is 1. The van der Waals surface area contributed by atoms with Gasteiger partial charge in [0, 0.05) is 43.9 Å². The number of nitrogens with zero attached hydrogens (tertiary/aromatic N) is 4. The number of amides is 2. The number of halogens is 1. The average Bonchev–Trinajstić information content (AvgIpc) is 2.95. The van der Waals surface area contributed by atoms with E-state index in [0.29, 0.717) is 65.8 Å². The van der Waals surface area contributed by atoms with Crippen molar-refractivity contribution >= 4 is 41.0 Å². The monoisotopic (exact) mass is 569 g/mol. The number of hydrogen-bond donors (Lipinski definition) is 1. The number of anilines is 1. The molecule has 0 bridgehead atoms. The highest BCUT2D eigenvalue weighted by atomic mass is 35.5. The Morgan fingerprint density at radius 1 is 1.05 bits per heavy atom. The molecule has 9 nitrogen and oxygen atoms in total. The van der Waals surface area contributed by atoms with Gasteiger partial charge in [0.15, 0.2) is 16.7 Å². The number of aromatic nitrogens is 2. The van der Waals surface area contributed by atoms with Gasteiger partial charge in [0.25, 0.3) is 5.91 Å². The largest absolute Gasteiger partial charge is 0.493 e. The van der Waals surface area contributed by atoms with Crippen molar-refractivity contribution < 1.29 is 19.1 Å². The molecule has 206 valence electrons. The summed E-state index contributed by atoms with van der Waals surface area (Å²) in [5, 5.41) is 3.67. The van der Waals surface area contributed by atoms with E-state index in [0.717, 1.165) is 5.56 Å². The van der Waals surface area contributed by atoms with Gasteiger partial charge in [-0.3, -0.25) is 9.59 Å². The van der Waals surface area contributed by atoms with Gasteiger partial charge in [-0.15, -0.1) is 0 Å². The first-order chi connectivity index (χ1) is 18.9. The van der Waals surface area contributed by atoms with Crippen LogP contribution in [0.25, 0.3) is 0 Å². The van der Waals surface area contributed by atoms with Crippen LogP contribution in [0.3, 0.4) is 0 Å². The van der Waals surface area contributed by atoms with E-state index < -0.39 is 0 Å². The third kappa shape index (κ3) is 7.54. The summed E-state index contributed by atoms with van der Waals surface area (Å²) in [7, 11) is 3.19. The molecule has 0 aliphatic carbocycles. The van der Waals surface area contributed by atoms with Crippen LogP contribution in [0.2, 0.25) is 5.15 Å². The van der Waals surface area contributed by atoms with Crippen molar-refractivity contribution in [3.8, 4) is 11.5 Å². The summed E-state index contributed by atoms with van der Waals surface area (Å²) in [5.41, 5.74) is 1.71. The molecule has 0 radical (unpaired) electrons. The fourth-order valence-electron chi connectivity index (χ4n) is 4.39. The van der Waals surface area contributed by atoms with E-state index in [2.05, 4.69) is 20.2 Å². The van der Waals surface area contributed by atoms with E-state index in [1.807, 2.05) is 60.4 Å². The normalized spacial score (nSPS) is 15.1. The van der Waals surface area contributed by atoms with Crippen LogP contribution in [0.4, 0.5) is 5.82 Å². The molecule has 0 spiro atoms. The van der Waals surface area contributed by atoms with E-state index in [1.54, 1.807) is 20.3 Å². The molecule has 1 saturated heterocycles. The van der Waals surface area contributed by atoms with Crippen LogP contribution < -0.4 is 19.7 Å². The highest BCUT2D eigenvalue weighted by Crippen LogP contribution is 2.28. The highest BCUT2D eigenvalue weighted by Gasteiger charge is 2.29. The quantitative estimate of drug-likeness (QED) is 0.223. The van der Waals surface area contributed by atoms with Gasteiger partial charge in [-0.05, 0) is 43.2 Å². The number of benzene rings is 2. The van der Waals surface area contributed by atoms with Gasteiger partial charge in [0.2, 0.25) is 5.91 Å². The third-order valence-electron chi connectivity index (χ3n) is 6.41. The Hall–Kier alpha value is -3.50. The Balaban J connectivity index is 1.28. The van der Waals surface area contributed by atoms with Crippen LogP contribution in [0.1, 0.15) is 22.8 Å². The summed E-state index contributed by atoms with van der Waals surface area (Å²) < 4.78 is 10.6. The molecule has 2 heterocycles. The predicted octanol–water partition coefficient (Wildman–Crippen LogP) is 3.95. The fourth-order valence-corrected chi connectivity index (χ4v) is 5.30. The zero-order valence-electron chi connectivity index (χ0n) is 22.2. The minimum absolute atomic E-state index is 0.00672. The molecular formula is C28H32ClN5O4S.